The van der Waals surface area contributed by atoms with E-state index in [0.29, 0.717) is 29.4 Å². The Morgan fingerprint density at radius 1 is 0.943 bits per heavy atom. The number of ether oxygens (including phenoxy) is 2. The van der Waals surface area contributed by atoms with E-state index in [1.807, 2.05) is 32.0 Å². The molecular weight excluding hydrogens is 512 g/mol. The van der Waals surface area contributed by atoms with Gasteiger partial charge in [-0.2, -0.15) is 0 Å². The standard InChI is InChI=1S/C27H23BrN2O5/c1-16-10-17(2)12-18(11-16)15-35-24-9-4-20(28)13-19(24)14-23-25(31)29-27(33)30(26(23)32)21-5-7-22(34-3)8-6-21/h4-14H,15H2,1-3H3,(H,29,31,33)/b23-14+. The Bertz CT molecular complexity index is 1330. The van der Waals surface area contributed by atoms with Crippen LogP contribution in [0.15, 0.2) is 70.7 Å². The number of halogens is 1. The van der Waals surface area contributed by atoms with Crippen LogP contribution in [0.1, 0.15) is 22.3 Å². The average molecular weight is 535 g/mol. The second-order valence-corrected chi connectivity index (χ2v) is 9.04. The zero-order valence-electron chi connectivity index (χ0n) is 19.4. The van der Waals surface area contributed by atoms with Gasteiger partial charge in [-0.3, -0.25) is 14.9 Å². The van der Waals surface area contributed by atoms with Gasteiger partial charge in [-0.15, -0.1) is 0 Å². The van der Waals surface area contributed by atoms with Crippen molar-refractivity contribution in [2.75, 3.05) is 12.0 Å². The van der Waals surface area contributed by atoms with Gasteiger partial charge >= 0.3 is 6.03 Å². The minimum Gasteiger partial charge on any atom is -0.497 e. The molecule has 1 fully saturated rings. The molecule has 3 aromatic rings. The molecule has 8 heteroatoms. The SMILES string of the molecule is COc1ccc(N2C(=O)NC(=O)/C(=C\c3cc(Br)ccc3OCc3cc(C)cc(C)c3)C2=O)cc1. The second-order valence-electron chi connectivity index (χ2n) is 8.12. The van der Waals surface area contributed by atoms with Crippen molar-refractivity contribution in [2.24, 2.45) is 0 Å². The van der Waals surface area contributed by atoms with Gasteiger partial charge in [0.05, 0.1) is 12.8 Å². The van der Waals surface area contributed by atoms with Gasteiger partial charge in [0.25, 0.3) is 11.8 Å². The highest BCUT2D eigenvalue weighted by molar-refractivity contribution is 9.10. The van der Waals surface area contributed by atoms with Crippen LogP contribution < -0.4 is 19.7 Å². The molecule has 0 bridgehead atoms. The van der Waals surface area contributed by atoms with Crippen molar-refractivity contribution in [1.82, 2.24) is 5.32 Å². The molecule has 4 amide bonds. The number of nitrogens with zero attached hydrogens (tertiary/aromatic N) is 1. The van der Waals surface area contributed by atoms with Gasteiger partial charge in [0, 0.05) is 10.0 Å². The minimum absolute atomic E-state index is 0.185. The Hall–Kier alpha value is -3.91. The van der Waals surface area contributed by atoms with Crippen LogP contribution in [0.25, 0.3) is 6.08 Å². The Kier molecular flexibility index (Phi) is 7.02. The highest BCUT2D eigenvalue weighted by Gasteiger charge is 2.37. The summed E-state index contributed by atoms with van der Waals surface area (Å²) >= 11 is 3.43. The lowest BCUT2D eigenvalue weighted by Gasteiger charge is -2.26. The van der Waals surface area contributed by atoms with Gasteiger partial charge in [-0.1, -0.05) is 45.3 Å². The third-order valence-corrected chi connectivity index (χ3v) is 5.87. The third-order valence-electron chi connectivity index (χ3n) is 5.38. The van der Waals surface area contributed by atoms with Crippen molar-refractivity contribution < 1.29 is 23.9 Å². The molecule has 1 saturated heterocycles. The van der Waals surface area contributed by atoms with Crippen molar-refractivity contribution in [3.8, 4) is 11.5 Å². The number of rotatable bonds is 6. The molecule has 1 heterocycles. The number of carbonyl (C=O) groups is 3. The summed E-state index contributed by atoms with van der Waals surface area (Å²) in [7, 11) is 1.52. The summed E-state index contributed by atoms with van der Waals surface area (Å²) in [5.74, 6) is -0.437. The first kappa shape index (κ1) is 24.2. The fourth-order valence-electron chi connectivity index (χ4n) is 3.86. The molecule has 4 rings (SSSR count). The molecule has 1 aliphatic heterocycles. The molecule has 178 valence electrons. The fraction of sp³-hybridized carbons (Fsp3) is 0.148. The zero-order valence-corrected chi connectivity index (χ0v) is 21.0. The molecule has 3 aromatic carbocycles. The summed E-state index contributed by atoms with van der Waals surface area (Å²) in [5, 5.41) is 2.24. The summed E-state index contributed by atoms with van der Waals surface area (Å²) in [6.45, 7) is 4.36. The lowest BCUT2D eigenvalue weighted by atomic mass is 10.1. The number of carbonyl (C=O) groups excluding carboxylic acids is 3. The van der Waals surface area contributed by atoms with Crippen molar-refractivity contribution in [3.63, 3.8) is 0 Å². The minimum atomic E-state index is -0.817. The lowest BCUT2D eigenvalue weighted by molar-refractivity contribution is -0.122. The molecule has 0 aromatic heterocycles. The quantitative estimate of drug-likeness (QED) is 0.341. The highest BCUT2D eigenvalue weighted by Crippen LogP contribution is 2.29. The summed E-state index contributed by atoms with van der Waals surface area (Å²) in [6.07, 6.45) is 1.43. The van der Waals surface area contributed by atoms with E-state index in [0.717, 1.165) is 26.1 Å². The van der Waals surface area contributed by atoms with E-state index in [1.54, 1.807) is 36.4 Å². The number of nitrogens with one attached hydrogen (secondary N) is 1. The van der Waals surface area contributed by atoms with Gasteiger partial charge in [0.2, 0.25) is 0 Å². The highest BCUT2D eigenvalue weighted by atomic mass is 79.9. The van der Waals surface area contributed by atoms with Crippen molar-refractivity contribution in [3.05, 3.63) is 93.0 Å². The summed E-state index contributed by atoms with van der Waals surface area (Å²) in [6, 6.07) is 17.1. The van der Waals surface area contributed by atoms with Gasteiger partial charge in [-0.05, 0) is 68.0 Å². The van der Waals surface area contributed by atoms with E-state index < -0.39 is 17.8 Å². The Labute approximate surface area is 211 Å². The second kappa shape index (κ2) is 10.1. The normalized spacial score (nSPS) is 14.8. The maximum absolute atomic E-state index is 13.2. The van der Waals surface area contributed by atoms with E-state index in [-0.39, 0.29) is 5.57 Å². The van der Waals surface area contributed by atoms with Gasteiger partial charge in [0.15, 0.2) is 0 Å². The van der Waals surface area contributed by atoms with Gasteiger partial charge < -0.3 is 9.47 Å². The number of amides is 4. The van der Waals surface area contributed by atoms with E-state index >= 15 is 0 Å². The molecule has 7 nitrogen and oxygen atoms in total. The first-order valence-corrected chi connectivity index (χ1v) is 11.6. The van der Waals surface area contributed by atoms with E-state index in [4.69, 9.17) is 9.47 Å². The number of urea groups is 1. The van der Waals surface area contributed by atoms with Gasteiger partial charge in [-0.25, -0.2) is 9.69 Å². The van der Waals surface area contributed by atoms with Gasteiger partial charge in [0.1, 0.15) is 23.7 Å². The van der Waals surface area contributed by atoms with E-state index in [1.165, 1.54) is 13.2 Å². The number of benzene rings is 3. The maximum atomic E-state index is 13.2. The summed E-state index contributed by atoms with van der Waals surface area (Å²) < 4.78 is 11.9. The predicted molar refractivity (Wildman–Crippen MR) is 136 cm³/mol. The van der Waals surface area contributed by atoms with Crippen LogP contribution in [0.4, 0.5) is 10.5 Å². The molecule has 1 aliphatic rings. The lowest BCUT2D eigenvalue weighted by Crippen LogP contribution is -2.54. The summed E-state index contributed by atoms with van der Waals surface area (Å²) in [5.41, 5.74) is 3.92. The van der Waals surface area contributed by atoms with Crippen molar-refractivity contribution in [1.29, 1.82) is 0 Å². The Morgan fingerprint density at radius 3 is 2.29 bits per heavy atom. The van der Waals surface area contributed by atoms with Crippen molar-refractivity contribution >= 4 is 45.5 Å². The van der Waals surface area contributed by atoms with Crippen LogP contribution in [0.5, 0.6) is 11.5 Å². The Balaban J connectivity index is 1.66. The third kappa shape index (κ3) is 5.44. The number of barbiturate groups is 1. The number of imide groups is 2. The van der Waals surface area contributed by atoms with Crippen LogP contribution >= 0.6 is 15.9 Å². The molecule has 35 heavy (non-hydrogen) atoms. The monoisotopic (exact) mass is 534 g/mol. The molecule has 1 N–H and O–H groups in total. The van der Waals surface area contributed by atoms with Crippen LogP contribution in [0.3, 0.4) is 0 Å². The Morgan fingerprint density at radius 2 is 1.63 bits per heavy atom. The van der Waals surface area contributed by atoms with Crippen LogP contribution in [0, 0.1) is 13.8 Å². The zero-order chi connectivity index (χ0) is 25.1. The van der Waals surface area contributed by atoms with E-state index in [2.05, 4.69) is 27.3 Å². The van der Waals surface area contributed by atoms with Crippen LogP contribution in [0.2, 0.25) is 0 Å². The fourth-order valence-corrected chi connectivity index (χ4v) is 4.23. The van der Waals surface area contributed by atoms with E-state index in [9.17, 15) is 14.4 Å². The molecule has 0 atom stereocenters. The number of hydrogen-bond acceptors (Lipinski definition) is 5. The van der Waals surface area contributed by atoms with Crippen LogP contribution in [-0.4, -0.2) is 25.0 Å². The molecular formula is C27H23BrN2O5. The summed E-state index contributed by atoms with van der Waals surface area (Å²) in [4.78, 5) is 39.3. The number of hydrogen-bond donors (Lipinski definition) is 1. The predicted octanol–water partition coefficient (Wildman–Crippen LogP) is 5.32. The number of aryl methyl sites for hydroxylation is 2. The molecule has 0 spiro atoms. The topological polar surface area (TPSA) is 84.9 Å². The molecule has 0 aliphatic carbocycles. The molecule has 0 saturated carbocycles. The molecule has 0 radical (unpaired) electrons. The molecule has 0 unspecified atom stereocenters. The first-order chi connectivity index (χ1) is 16.7. The smallest absolute Gasteiger partial charge is 0.335 e. The largest absolute Gasteiger partial charge is 0.497 e. The first-order valence-electron chi connectivity index (χ1n) is 10.8. The number of methoxy groups -OCH3 is 1. The number of anilines is 1. The maximum Gasteiger partial charge on any atom is 0.335 e. The van der Waals surface area contributed by atoms with Crippen LogP contribution in [-0.2, 0) is 16.2 Å². The van der Waals surface area contributed by atoms with Crippen molar-refractivity contribution in [2.45, 2.75) is 20.5 Å². The average Bonchev–Trinajstić information content (AvgIpc) is 2.81.